The summed E-state index contributed by atoms with van der Waals surface area (Å²) in [4.78, 5) is 24.1. The summed E-state index contributed by atoms with van der Waals surface area (Å²) in [5.74, 6) is -0.546. The van der Waals surface area contributed by atoms with Gasteiger partial charge in [0.1, 0.15) is 5.82 Å². The summed E-state index contributed by atoms with van der Waals surface area (Å²) in [5.41, 5.74) is -0.360. The number of nitrogens with zero attached hydrogens (tertiary/aromatic N) is 1. The van der Waals surface area contributed by atoms with Gasteiger partial charge in [0, 0.05) is 0 Å². The maximum absolute atomic E-state index is 13.5. The highest BCUT2D eigenvalue weighted by atomic mass is 32.1. The van der Waals surface area contributed by atoms with Gasteiger partial charge in [0.25, 0.3) is 5.56 Å². The lowest BCUT2D eigenvalue weighted by atomic mass is 10.3. The molecule has 3 aromatic rings. The van der Waals surface area contributed by atoms with E-state index in [9.17, 15) is 14.0 Å². The Morgan fingerprint density at radius 1 is 1.10 bits per heavy atom. The van der Waals surface area contributed by atoms with Crippen LogP contribution in [0.3, 0.4) is 0 Å². The third-order valence-corrected chi connectivity index (χ3v) is 3.86. The molecule has 4 nitrogen and oxygen atoms in total. The summed E-state index contributed by atoms with van der Waals surface area (Å²) in [5, 5.41) is 2.86. The molecule has 3 rings (SSSR count). The molecule has 0 spiro atoms. The molecule has 1 N–H and O–H groups in total. The van der Waals surface area contributed by atoms with E-state index >= 15 is 0 Å². The van der Waals surface area contributed by atoms with Crippen molar-refractivity contribution in [2.45, 2.75) is 0 Å². The monoisotopic (exact) mass is 288 g/mol. The summed E-state index contributed by atoms with van der Waals surface area (Å²) in [6, 6.07) is 12.1. The molecule has 1 amide bonds. The number of carbonyl (C=O) groups excluding carboxylic acids is 1. The van der Waals surface area contributed by atoms with Crippen molar-refractivity contribution in [2.24, 2.45) is 0 Å². The number of para-hydroxylation sites is 1. The summed E-state index contributed by atoms with van der Waals surface area (Å²) in [6.45, 7) is 0. The van der Waals surface area contributed by atoms with Crippen LogP contribution < -0.4 is 10.9 Å². The molecule has 1 aromatic heterocycles. The fraction of sp³-hybridized carbons (Fsp3) is 0. The Hall–Kier alpha value is -2.47. The lowest BCUT2D eigenvalue weighted by Crippen LogP contribution is -2.26. The van der Waals surface area contributed by atoms with Gasteiger partial charge in [-0.2, -0.15) is 3.96 Å². The molecule has 100 valence electrons. The third-order valence-electron chi connectivity index (χ3n) is 2.79. The van der Waals surface area contributed by atoms with Gasteiger partial charge >= 0.3 is 6.03 Å². The first-order chi connectivity index (χ1) is 9.66. The van der Waals surface area contributed by atoms with Crippen molar-refractivity contribution in [2.75, 3.05) is 5.32 Å². The first-order valence-corrected chi connectivity index (χ1v) is 6.61. The van der Waals surface area contributed by atoms with Crippen molar-refractivity contribution in [3.63, 3.8) is 0 Å². The SMILES string of the molecule is O=C(Nc1ccccc1F)n1sc2ccccc2c1=O. The van der Waals surface area contributed by atoms with E-state index in [4.69, 9.17) is 0 Å². The van der Waals surface area contributed by atoms with Crippen LogP contribution in [0.1, 0.15) is 0 Å². The molecule has 0 aliphatic rings. The van der Waals surface area contributed by atoms with Crippen molar-refractivity contribution in [1.29, 1.82) is 0 Å². The van der Waals surface area contributed by atoms with Crippen LogP contribution in [-0.2, 0) is 0 Å². The van der Waals surface area contributed by atoms with Crippen LogP contribution in [-0.4, -0.2) is 9.99 Å². The number of halogens is 1. The Labute approximate surface area is 117 Å². The minimum absolute atomic E-state index is 0.0434. The van der Waals surface area contributed by atoms with Crippen molar-refractivity contribution in [3.05, 3.63) is 64.7 Å². The Balaban J connectivity index is 1.99. The molecule has 6 heteroatoms. The summed E-state index contributed by atoms with van der Waals surface area (Å²) in [6.07, 6.45) is 0. The second kappa shape index (κ2) is 4.90. The number of hydrogen-bond acceptors (Lipinski definition) is 3. The number of anilines is 1. The van der Waals surface area contributed by atoms with Gasteiger partial charge in [-0.1, -0.05) is 24.3 Å². The van der Waals surface area contributed by atoms with Gasteiger partial charge in [-0.3, -0.25) is 4.79 Å². The summed E-state index contributed by atoms with van der Waals surface area (Å²) in [7, 11) is 0. The van der Waals surface area contributed by atoms with Crippen LogP contribution in [0.5, 0.6) is 0 Å². The molecule has 0 unspecified atom stereocenters. The predicted molar refractivity (Wildman–Crippen MR) is 76.9 cm³/mol. The maximum Gasteiger partial charge on any atom is 0.342 e. The molecule has 0 bridgehead atoms. The topological polar surface area (TPSA) is 51.1 Å². The Bertz CT molecular complexity index is 854. The van der Waals surface area contributed by atoms with Crippen LogP contribution in [0.4, 0.5) is 14.9 Å². The molecular formula is C14H9FN2O2S. The van der Waals surface area contributed by atoms with Gasteiger partial charge < -0.3 is 5.32 Å². The molecule has 0 aliphatic carbocycles. The Kier molecular flexibility index (Phi) is 3.08. The van der Waals surface area contributed by atoms with Gasteiger partial charge in [-0.15, -0.1) is 0 Å². The van der Waals surface area contributed by atoms with E-state index in [0.29, 0.717) is 10.1 Å². The Morgan fingerprint density at radius 3 is 2.55 bits per heavy atom. The lowest BCUT2D eigenvalue weighted by Gasteiger charge is -2.04. The van der Waals surface area contributed by atoms with Crippen LogP contribution in [0, 0.1) is 5.82 Å². The van der Waals surface area contributed by atoms with Gasteiger partial charge in [-0.25, -0.2) is 9.18 Å². The fourth-order valence-corrected chi connectivity index (χ4v) is 2.73. The highest BCUT2D eigenvalue weighted by molar-refractivity contribution is 7.14. The van der Waals surface area contributed by atoms with Crippen LogP contribution in [0.2, 0.25) is 0 Å². The molecule has 0 radical (unpaired) electrons. The highest BCUT2D eigenvalue weighted by Crippen LogP contribution is 2.17. The quantitative estimate of drug-likeness (QED) is 0.747. The minimum Gasteiger partial charge on any atom is -0.304 e. The predicted octanol–water partition coefficient (Wildman–Crippen LogP) is 3.28. The van der Waals surface area contributed by atoms with E-state index in [-0.39, 0.29) is 5.69 Å². The minimum atomic E-state index is -0.665. The zero-order chi connectivity index (χ0) is 14.1. The zero-order valence-electron chi connectivity index (χ0n) is 10.2. The largest absolute Gasteiger partial charge is 0.342 e. The smallest absolute Gasteiger partial charge is 0.304 e. The summed E-state index contributed by atoms with van der Waals surface area (Å²) < 4.78 is 15.2. The number of hydrogen-bond donors (Lipinski definition) is 1. The number of fused-ring (bicyclic) bond motifs is 1. The van der Waals surface area contributed by atoms with Gasteiger partial charge in [0.2, 0.25) is 0 Å². The van der Waals surface area contributed by atoms with Crippen LogP contribution in [0.15, 0.2) is 53.3 Å². The van der Waals surface area contributed by atoms with E-state index in [1.54, 1.807) is 30.3 Å². The van der Waals surface area contributed by atoms with Crippen molar-refractivity contribution in [3.8, 4) is 0 Å². The molecule has 1 heterocycles. The standard InChI is InChI=1S/C14H9FN2O2S/c15-10-6-2-3-7-11(10)16-14(19)17-13(18)9-5-1-4-8-12(9)20-17/h1-8H,(H,16,19). The normalized spacial score (nSPS) is 10.7. The molecule has 0 atom stereocenters. The van der Waals surface area contributed by atoms with E-state index in [0.717, 1.165) is 15.5 Å². The molecule has 0 saturated carbocycles. The number of rotatable bonds is 1. The summed E-state index contributed by atoms with van der Waals surface area (Å²) >= 11 is 1.03. The van der Waals surface area contributed by atoms with Crippen LogP contribution in [0.25, 0.3) is 10.1 Å². The molecular weight excluding hydrogens is 279 g/mol. The number of nitrogens with one attached hydrogen (secondary N) is 1. The molecule has 0 aliphatic heterocycles. The van der Waals surface area contributed by atoms with Crippen LogP contribution >= 0.6 is 11.5 Å². The fourth-order valence-electron chi connectivity index (χ4n) is 1.83. The molecule has 2 aromatic carbocycles. The zero-order valence-corrected chi connectivity index (χ0v) is 11.0. The second-order valence-electron chi connectivity index (χ2n) is 4.10. The number of carbonyl (C=O) groups is 1. The molecule has 0 fully saturated rings. The van der Waals surface area contributed by atoms with E-state index in [1.165, 1.54) is 18.2 Å². The van der Waals surface area contributed by atoms with Gasteiger partial charge in [0.15, 0.2) is 0 Å². The lowest BCUT2D eigenvalue weighted by molar-refractivity contribution is 0.254. The van der Waals surface area contributed by atoms with Crippen molar-refractivity contribution in [1.82, 2.24) is 3.96 Å². The number of benzene rings is 2. The van der Waals surface area contributed by atoms with Gasteiger partial charge in [-0.05, 0) is 35.8 Å². The van der Waals surface area contributed by atoms with Crippen molar-refractivity contribution < 1.29 is 9.18 Å². The highest BCUT2D eigenvalue weighted by Gasteiger charge is 2.14. The first kappa shape index (κ1) is 12.6. The second-order valence-corrected chi connectivity index (χ2v) is 5.08. The van der Waals surface area contributed by atoms with E-state index in [1.807, 2.05) is 0 Å². The number of amides is 1. The average molecular weight is 288 g/mol. The van der Waals surface area contributed by atoms with Gasteiger partial charge in [0.05, 0.1) is 15.8 Å². The van der Waals surface area contributed by atoms with E-state index in [2.05, 4.69) is 5.32 Å². The third kappa shape index (κ3) is 2.10. The van der Waals surface area contributed by atoms with E-state index < -0.39 is 17.4 Å². The Morgan fingerprint density at radius 2 is 1.80 bits per heavy atom. The number of aromatic nitrogens is 1. The first-order valence-electron chi connectivity index (χ1n) is 5.84. The molecule has 0 saturated heterocycles. The average Bonchev–Trinajstić information content (AvgIpc) is 2.79. The molecule has 20 heavy (non-hydrogen) atoms. The maximum atomic E-state index is 13.5. The van der Waals surface area contributed by atoms with Crippen molar-refractivity contribution >= 4 is 33.3 Å².